The van der Waals surface area contributed by atoms with Gasteiger partial charge in [-0.15, -0.1) is 0 Å². The summed E-state index contributed by atoms with van der Waals surface area (Å²) in [7, 11) is 0. The van der Waals surface area contributed by atoms with Crippen molar-refractivity contribution < 1.29 is 0 Å². The maximum Gasteiger partial charge on any atom is 0.0213 e. The summed E-state index contributed by atoms with van der Waals surface area (Å²) < 4.78 is 1.31. The van der Waals surface area contributed by atoms with Crippen molar-refractivity contribution in [1.29, 1.82) is 0 Å². The molecular formula is C17H24BrNS. The number of rotatable bonds is 3. The molecule has 0 radical (unpaired) electrons. The Morgan fingerprint density at radius 1 is 1.20 bits per heavy atom. The Bertz CT molecular complexity index is 462. The van der Waals surface area contributed by atoms with Gasteiger partial charge in [0.15, 0.2) is 0 Å². The van der Waals surface area contributed by atoms with Crippen molar-refractivity contribution in [3.63, 3.8) is 0 Å². The van der Waals surface area contributed by atoms with E-state index in [2.05, 4.69) is 45.9 Å². The van der Waals surface area contributed by atoms with Crippen molar-refractivity contribution in [2.75, 3.05) is 18.1 Å². The first-order chi connectivity index (χ1) is 9.75. The smallest absolute Gasteiger partial charge is 0.0213 e. The fourth-order valence-electron chi connectivity index (χ4n) is 3.86. The van der Waals surface area contributed by atoms with Crippen LogP contribution in [0.5, 0.6) is 0 Å². The van der Waals surface area contributed by atoms with E-state index in [4.69, 9.17) is 5.73 Å². The Morgan fingerprint density at radius 3 is 2.50 bits per heavy atom. The van der Waals surface area contributed by atoms with Crippen LogP contribution in [-0.4, -0.2) is 18.1 Å². The lowest BCUT2D eigenvalue weighted by atomic mass is 9.78. The molecule has 1 aromatic rings. The van der Waals surface area contributed by atoms with E-state index in [-0.39, 0.29) is 5.41 Å². The van der Waals surface area contributed by atoms with Crippen molar-refractivity contribution in [3.8, 4) is 0 Å². The van der Waals surface area contributed by atoms with Crippen molar-refractivity contribution >= 4 is 27.7 Å². The van der Waals surface area contributed by atoms with Crippen LogP contribution in [0.25, 0.3) is 0 Å². The molecule has 0 unspecified atom stereocenters. The quantitative estimate of drug-likeness (QED) is 0.841. The van der Waals surface area contributed by atoms with Crippen molar-refractivity contribution in [2.24, 2.45) is 5.73 Å². The molecule has 0 bridgehead atoms. The first-order valence-electron chi connectivity index (χ1n) is 7.83. The van der Waals surface area contributed by atoms with E-state index >= 15 is 0 Å². The SMILES string of the molecule is NCC1(c2ccc(C3CCSCC3)c(Br)c2)CCCC1. The van der Waals surface area contributed by atoms with E-state index in [1.54, 1.807) is 0 Å². The maximum atomic E-state index is 6.11. The number of hydrogen-bond acceptors (Lipinski definition) is 2. The molecule has 3 rings (SSSR count). The van der Waals surface area contributed by atoms with Crippen molar-refractivity contribution in [2.45, 2.75) is 49.9 Å². The van der Waals surface area contributed by atoms with Gasteiger partial charge in [-0.2, -0.15) is 11.8 Å². The Balaban J connectivity index is 1.86. The molecule has 1 heterocycles. The summed E-state index contributed by atoms with van der Waals surface area (Å²) >= 11 is 5.93. The summed E-state index contributed by atoms with van der Waals surface area (Å²) in [6.45, 7) is 0.791. The highest BCUT2D eigenvalue weighted by atomic mass is 79.9. The summed E-state index contributed by atoms with van der Waals surface area (Å²) in [4.78, 5) is 0. The van der Waals surface area contributed by atoms with E-state index in [1.807, 2.05) is 0 Å². The fraction of sp³-hybridized carbons (Fsp3) is 0.647. The summed E-state index contributed by atoms with van der Waals surface area (Å²) in [6, 6.07) is 7.10. The highest BCUT2D eigenvalue weighted by molar-refractivity contribution is 9.10. The van der Waals surface area contributed by atoms with Crippen molar-refractivity contribution in [3.05, 3.63) is 33.8 Å². The molecule has 0 amide bonds. The first kappa shape index (κ1) is 14.9. The van der Waals surface area contributed by atoms with E-state index in [1.165, 1.54) is 65.6 Å². The second kappa shape index (κ2) is 6.41. The number of nitrogens with two attached hydrogens (primary N) is 1. The molecule has 20 heavy (non-hydrogen) atoms. The summed E-state index contributed by atoms with van der Waals surface area (Å²) in [5, 5.41) is 0. The Kier molecular flexibility index (Phi) is 4.79. The zero-order valence-electron chi connectivity index (χ0n) is 12.0. The van der Waals surface area contributed by atoms with E-state index in [0.29, 0.717) is 0 Å². The van der Waals surface area contributed by atoms with Crippen LogP contribution >= 0.6 is 27.7 Å². The highest BCUT2D eigenvalue weighted by Crippen LogP contribution is 2.43. The second-order valence-electron chi connectivity index (χ2n) is 6.31. The topological polar surface area (TPSA) is 26.0 Å². The highest BCUT2D eigenvalue weighted by Gasteiger charge is 2.34. The standard InChI is InChI=1S/C17H24BrNS/c18-16-11-14(17(12-19)7-1-2-8-17)3-4-15(16)13-5-9-20-10-6-13/h3-4,11,13H,1-2,5-10,12,19H2. The monoisotopic (exact) mass is 353 g/mol. The lowest BCUT2D eigenvalue weighted by Gasteiger charge is -2.29. The molecular weight excluding hydrogens is 330 g/mol. The molecule has 1 nitrogen and oxygen atoms in total. The molecule has 110 valence electrons. The molecule has 1 aromatic carbocycles. The van der Waals surface area contributed by atoms with Gasteiger partial charge in [-0.25, -0.2) is 0 Å². The third-order valence-electron chi connectivity index (χ3n) is 5.23. The minimum atomic E-state index is 0.253. The van der Waals surface area contributed by atoms with Gasteiger partial charge in [0.2, 0.25) is 0 Å². The molecule has 1 aliphatic heterocycles. The van der Waals surface area contributed by atoms with Gasteiger partial charge in [0, 0.05) is 16.4 Å². The molecule has 0 spiro atoms. The zero-order valence-corrected chi connectivity index (χ0v) is 14.4. The Hall–Kier alpha value is 0.01000. The van der Waals surface area contributed by atoms with Crippen LogP contribution in [0.2, 0.25) is 0 Å². The van der Waals surface area contributed by atoms with Gasteiger partial charge in [0.1, 0.15) is 0 Å². The van der Waals surface area contributed by atoms with Gasteiger partial charge in [0.05, 0.1) is 0 Å². The van der Waals surface area contributed by atoms with E-state index in [9.17, 15) is 0 Å². The van der Waals surface area contributed by atoms with Crippen LogP contribution in [0.3, 0.4) is 0 Å². The van der Waals surface area contributed by atoms with Crippen LogP contribution in [-0.2, 0) is 5.41 Å². The average Bonchev–Trinajstić information content (AvgIpc) is 2.98. The van der Waals surface area contributed by atoms with Gasteiger partial charge in [-0.1, -0.05) is 40.9 Å². The lowest BCUT2D eigenvalue weighted by molar-refractivity contribution is 0.452. The molecule has 1 saturated heterocycles. The molecule has 2 fully saturated rings. The van der Waals surface area contributed by atoms with Crippen LogP contribution in [0, 0.1) is 0 Å². The lowest BCUT2D eigenvalue weighted by Crippen LogP contribution is -2.32. The fourth-order valence-corrected chi connectivity index (χ4v) is 5.67. The Morgan fingerprint density at radius 2 is 1.90 bits per heavy atom. The van der Waals surface area contributed by atoms with E-state index in [0.717, 1.165) is 12.5 Å². The van der Waals surface area contributed by atoms with Gasteiger partial charge in [-0.3, -0.25) is 0 Å². The minimum absolute atomic E-state index is 0.253. The predicted octanol–water partition coefficient (Wildman–Crippen LogP) is 4.83. The molecule has 0 atom stereocenters. The van der Waals surface area contributed by atoms with Crippen LogP contribution in [0.4, 0.5) is 0 Å². The van der Waals surface area contributed by atoms with Gasteiger partial charge in [-0.05, 0) is 60.3 Å². The minimum Gasteiger partial charge on any atom is -0.330 e. The molecule has 3 heteroatoms. The third kappa shape index (κ3) is 2.82. The summed E-state index contributed by atoms with van der Waals surface area (Å²) in [6.07, 6.45) is 7.83. The number of thioether (sulfide) groups is 1. The van der Waals surface area contributed by atoms with Crippen LogP contribution in [0.15, 0.2) is 22.7 Å². The zero-order chi connectivity index (χ0) is 14.0. The number of benzene rings is 1. The molecule has 2 aliphatic rings. The summed E-state index contributed by atoms with van der Waals surface area (Å²) in [5.74, 6) is 3.37. The number of halogens is 1. The van der Waals surface area contributed by atoms with Crippen molar-refractivity contribution in [1.82, 2.24) is 0 Å². The summed E-state index contributed by atoms with van der Waals surface area (Å²) in [5.41, 5.74) is 9.34. The third-order valence-corrected chi connectivity index (χ3v) is 6.96. The van der Waals surface area contributed by atoms with Gasteiger partial charge < -0.3 is 5.73 Å². The van der Waals surface area contributed by atoms with Gasteiger partial charge >= 0.3 is 0 Å². The molecule has 1 saturated carbocycles. The van der Waals surface area contributed by atoms with Crippen LogP contribution < -0.4 is 5.73 Å². The predicted molar refractivity (Wildman–Crippen MR) is 92.6 cm³/mol. The van der Waals surface area contributed by atoms with E-state index < -0.39 is 0 Å². The largest absolute Gasteiger partial charge is 0.330 e. The molecule has 0 aromatic heterocycles. The maximum absolute atomic E-state index is 6.11. The Labute approximate surface area is 135 Å². The number of hydrogen-bond donors (Lipinski definition) is 1. The normalized spacial score (nSPS) is 23.1. The van der Waals surface area contributed by atoms with Crippen LogP contribution in [0.1, 0.15) is 55.6 Å². The molecule has 2 N–H and O–H groups in total. The van der Waals surface area contributed by atoms with Gasteiger partial charge in [0.25, 0.3) is 0 Å². The average molecular weight is 354 g/mol. The second-order valence-corrected chi connectivity index (χ2v) is 8.39. The molecule has 1 aliphatic carbocycles. The first-order valence-corrected chi connectivity index (χ1v) is 9.78.